The van der Waals surface area contributed by atoms with Crippen molar-refractivity contribution >= 4 is 28.8 Å². The zero-order valence-electron chi connectivity index (χ0n) is 30.0. The van der Waals surface area contributed by atoms with Crippen LogP contribution in [0.3, 0.4) is 0 Å². The predicted molar refractivity (Wildman–Crippen MR) is 203 cm³/mol. The molecule has 0 aromatic heterocycles. The van der Waals surface area contributed by atoms with Crippen molar-refractivity contribution in [3.63, 3.8) is 0 Å². The van der Waals surface area contributed by atoms with Gasteiger partial charge in [0.05, 0.1) is 0 Å². The van der Waals surface area contributed by atoms with Crippen molar-refractivity contribution in [3.05, 3.63) is 149 Å². The first-order valence-corrected chi connectivity index (χ1v) is 17.4. The molecule has 2 heterocycles. The summed E-state index contributed by atoms with van der Waals surface area (Å²) in [5, 5.41) is 4.82. The van der Waals surface area contributed by atoms with Gasteiger partial charge in [-0.3, -0.25) is 0 Å². The molecule has 0 N–H and O–H groups in total. The maximum atomic E-state index is 4.82. The number of para-hydroxylation sites is 4. The molecule has 0 saturated carbocycles. The summed E-state index contributed by atoms with van der Waals surface area (Å²) in [7, 11) is 0. The molecule has 0 unspecified atom stereocenters. The van der Waals surface area contributed by atoms with Crippen LogP contribution in [0, 0.1) is 0 Å². The molecule has 5 aromatic rings. The Morgan fingerprint density at radius 1 is 0.408 bits per heavy atom. The SMILES string of the molecule is CC(C)c1cccc(C(C)C)c1[N+]1=C=[N+](c2c(C(C)C)cccc2C(C)C)C=C1.[Au+].c1ccc2c(c1)[N-]c1ccccc1-c1ccccc1-2. The minimum absolute atomic E-state index is 0. The van der Waals surface area contributed by atoms with Gasteiger partial charge in [-0.05, 0) is 45.9 Å². The van der Waals surface area contributed by atoms with Crippen LogP contribution < -0.4 is 0 Å². The van der Waals surface area contributed by atoms with Crippen LogP contribution in [0.15, 0.2) is 122 Å². The summed E-state index contributed by atoms with van der Waals surface area (Å²) in [4.78, 5) is 0. The number of nitrogens with zero attached hydrogens (tertiary/aromatic N) is 3. The molecule has 0 spiro atoms. The Balaban J connectivity index is 0.000000202. The average molecular weight is 828 g/mol. The van der Waals surface area contributed by atoms with Crippen LogP contribution in [-0.2, 0) is 22.4 Å². The van der Waals surface area contributed by atoms with E-state index in [1.165, 1.54) is 55.9 Å². The van der Waals surface area contributed by atoms with Crippen LogP contribution in [0.5, 0.6) is 0 Å². The van der Waals surface area contributed by atoms with Gasteiger partial charge in [-0.25, -0.2) is 0 Å². The molecule has 2 aliphatic rings. The number of hydrogen-bond acceptors (Lipinski definition) is 0. The third-order valence-corrected chi connectivity index (χ3v) is 9.30. The Morgan fingerprint density at radius 2 is 0.714 bits per heavy atom. The molecule has 0 saturated heterocycles. The van der Waals surface area contributed by atoms with Crippen molar-refractivity contribution in [1.82, 2.24) is 0 Å². The van der Waals surface area contributed by atoms with Gasteiger partial charge in [0.25, 0.3) is 12.4 Å². The molecule has 2 aliphatic heterocycles. The van der Waals surface area contributed by atoms with E-state index in [0.717, 1.165) is 11.4 Å². The minimum Gasteiger partial charge on any atom is -0.657 e. The molecule has 0 aliphatic carbocycles. The maximum Gasteiger partial charge on any atom is 1.00 e. The summed E-state index contributed by atoms with van der Waals surface area (Å²) in [5.41, 5.74) is 15.1. The molecule has 0 fully saturated rings. The molecule has 49 heavy (non-hydrogen) atoms. The summed E-state index contributed by atoms with van der Waals surface area (Å²) in [5.74, 6) is 1.84. The van der Waals surface area contributed by atoms with E-state index in [1.807, 2.05) is 12.1 Å². The molecule has 3 nitrogen and oxygen atoms in total. The average Bonchev–Trinajstić information content (AvgIpc) is 3.52. The largest absolute Gasteiger partial charge is 1.00 e. The van der Waals surface area contributed by atoms with E-state index >= 15 is 0 Å². The van der Waals surface area contributed by atoms with E-state index in [9.17, 15) is 0 Å². The molecule has 5 aromatic carbocycles. The summed E-state index contributed by atoms with van der Waals surface area (Å²) >= 11 is 0. The molecular weight excluding hydrogens is 779 g/mol. The van der Waals surface area contributed by atoms with Crippen LogP contribution in [0.1, 0.15) is 101 Å². The van der Waals surface area contributed by atoms with Crippen LogP contribution in [-0.4, -0.2) is 15.2 Å². The van der Waals surface area contributed by atoms with Gasteiger partial charge in [-0.1, -0.05) is 174 Å². The zero-order chi connectivity index (χ0) is 33.9. The van der Waals surface area contributed by atoms with Crippen molar-refractivity contribution < 1.29 is 31.5 Å². The molecule has 0 bridgehead atoms. The summed E-state index contributed by atoms with van der Waals surface area (Å²) in [6.45, 7) is 18.2. The minimum atomic E-state index is 0. The number of benzene rings is 5. The second-order valence-electron chi connectivity index (χ2n) is 14.0. The second-order valence-corrected chi connectivity index (χ2v) is 14.0. The normalized spacial score (nSPS) is 12.7. The predicted octanol–water partition coefficient (Wildman–Crippen LogP) is 13.5. The Labute approximate surface area is 309 Å². The van der Waals surface area contributed by atoms with Crippen LogP contribution in [0.4, 0.5) is 22.7 Å². The van der Waals surface area contributed by atoms with Gasteiger partial charge in [-0.2, -0.15) is 0 Å². The van der Waals surface area contributed by atoms with Crippen molar-refractivity contribution in [2.75, 3.05) is 0 Å². The molecule has 0 atom stereocenters. The quantitative estimate of drug-likeness (QED) is 0.118. The third-order valence-electron chi connectivity index (χ3n) is 9.30. The standard InChI is InChI=1S/C27H36N2.C18H12N.Au/c1-18(2)22-11-9-12-23(19(3)4)26(22)28-15-16-29(17-28)27-24(20(5)6)13-10-14-25(27)21(7)8;1-2-8-14-13(7-1)15-9-3-5-11-17(15)19-18-12-6-4-10-16(14)18;/h9-16,18-21H,1-8H3;1-12H;/q+2;-1;+1. The van der Waals surface area contributed by atoms with Crippen molar-refractivity contribution in [2.45, 2.75) is 79.1 Å². The van der Waals surface area contributed by atoms with E-state index in [4.69, 9.17) is 5.32 Å². The van der Waals surface area contributed by atoms with E-state index in [2.05, 4.69) is 180 Å². The van der Waals surface area contributed by atoms with Crippen molar-refractivity contribution in [1.29, 1.82) is 0 Å². The van der Waals surface area contributed by atoms with Gasteiger partial charge in [0.15, 0.2) is 0 Å². The second kappa shape index (κ2) is 15.5. The first kappa shape index (κ1) is 36.1. The fourth-order valence-electron chi connectivity index (χ4n) is 6.83. The first-order chi connectivity index (χ1) is 23.2. The molecule has 252 valence electrons. The van der Waals surface area contributed by atoms with E-state index < -0.39 is 0 Å². The Morgan fingerprint density at radius 3 is 1.04 bits per heavy atom. The van der Waals surface area contributed by atoms with Gasteiger partial charge in [0.1, 0.15) is 0 Å². The first-order valence-electron chi connectivity index (χ1n) is 17.4. The molecule has 7 rings (SSSR count). The third kappa shape index (κ3) is 7.37. The van der Waals surface area contributed by atoms with Crippen LogP contribution in [0.25, 0.3) is 27.6 Å². The topological polar surface area (TPSA) is 20.1 Å². The fourth-order valence-corrected chi connectivity index (χ4v) is 6.83. The van der Waals surface area contributed by atoms with Crippen molar-refractivity contribution in [2.24, 2.45) is 0 Å². The monoisotopic (exact) mass is 827 g/mol. The molecular formula is C45H48AuN3+2. The van der Waals surface area contributed by atoms with E-state index in [1.54, 1.807) is 0 Å². The number of fused-ring (bicyclic) bond motifs is 5. The van der Waals surface area contributed by atoms with Gasteiger partial charge in [-0.15, -0.1) is 11.4 Å². The number of rotatable bonds is 6. The number of hydrogen-bond donors (Lipinski definition) is 0. The summed E-state index contributed by atoms with van der Waals surface area (Å²) < 4.78 is 4.40. The molecule has 4 heteroatoms. The van der Waals surface area contributed by atoms with E-state index in [0.29, 0.717) is 23.7 Å². The van der Waals surface area contributed by atoms with Crippen LogP contribution >= 0.6 is 0 Å². The maximum absolute atomic E-state index is 4.82. The summed E-state index contributed by atoms with van der Waals surface area (Å²) in [6.07, 6.45) is 4.32. The zero-order valence-corrected chi connectivity index (χ0v) is 32.2. The fraction of sp³-hybridized carbons (Fsp3) is 0.267. The van der Waals surface area contributed by atoms with Crippen LogP contribution in [0.2, 0.25) is 0 Å². The van der Waals surface area contributed by atoms with Gasteiger partial charge in [0.2, 0.25) is 11.4 Å². The Bertz CT molecular complexity index is 1860. The van der Waals surface area contributed by atoms with Gasteiger partial charge >= 0.3 is 28.4 Å². The Hall–Kier alpha value is -4.24. The smallest absolute Gasteiger partial charge is 0.657 e. The van der Waals surface area contributed by atoms with E-state index in [-0.39, 0.29) is 22.4 Å². The molecule has 0 amide bonds. The van der Waals surface area contributed by atoms with Gasteiger partial charge in [0, 0.05) is 22.3 Å². The molecule has 0 radical (unpaired) electrons. The van der Waals surface area contributed by atoms with Crippen molar-refractivity contribution in [3.8, 4) is 22.3 Å². The summed E-state index contributed by atoms with van der Waals surface area (Å²) in [6, 6.07) is 42.2. The van der Waals surface area contributed by atoms with Gasteiger partial charge < -0.3 is 5.32 Å². The Kier molecular flexibility index (Phi) is 11.4.